The van der Waals surface area contributed by atoms with Crippen LogP contribution in [0, 0.1) is 0 Å². The van der Waals surface area contributed by atoms with Crippen LogP contribution in [0.5, 0.6) is 5.75 Å². The lowest BCUT2D eigenvalue weighted by Gasteiger charge is -1.92. The highest BCUT2D eigenvalue weighted by Gasteiger charge is 1.85. The molecule has 0 aliphatic rings. The van der Waals surface area contributed by atoms with Gasteiger partial charge >= 0.3 is 0 Å². The largest absolute Gasteiger partial charge is 0.508 e. The van der Waals surface area contributed by atoms with Gasteiger partial charge < -0.3 is 5.11 Å². The Balaban J connectivity index is 2.73. The van der Waals surface area contributed by atoms with Gasteiger partial charge in [-0.05, 0) is 35.4 Å². The Hall–Kier alpha value is -0.890. The smallest absolute Gasteiger partial charge is 0.115 e. The van der Waals surface area contributed by atoms with Gasteiger partial charge in [0.2, 0.25) is 0 Å². The van der Waals surface area contributed by atoms with E-state index in [2.05, 4.69) is 0 Å². The van der Waals surface area contributed by atoms with Gasteiger partial charge in [-0.1, -0.05) is 12.1 Å². The van der Waals surface area contributed by atoms with E-state index in [1.165, 1.54) is 0 Å². The Labute approximate surface area is 70.8 Å². The van der Waals surface area contributed by atoms with Gasteiger partial charge in [0, 0.05) is 0 Å². The van der Waals surface area contributed by atoms with Crippen LogP contribution in [0.3, 0.4) is 0 Å². The fraction of sp³-hybridized carbons (Fsp3) is 0.111. The second kappa shape index (κ2) is 4.09. The quantitative estimate of drug-likeness (QED) is 0.729. The van der Waals surface area contributed by atoms with Crippen LogP contribution in [0.25, 0.3) is 6.08 Å². The Morgan fingerprint density at radius 3 is 2.45 bits per heavy atom. The zero-order valence-corrected chi connectivity index (χ0v) is 7.14. The number of aromatic hydroxyl groups is 1. The molecule has 0 bridgehead atoms. The lowest BCUT2D eigenvalue weighted by molar-refractivity contribution is 0.475. The molecule has 0 amide bonds. The van der Waals surface area contributed by atoms with Crippen LogP contribution in [-0.2, 0) is 0 Å². The highest BCUT2D eigenvalue weighted by atomic mass is 32.2. The molecular weight excluding hydrogens is 156 g/mol. The molecule has 11 heavy (non-hydrogen) atoms. The topological polar surface area (TPSA) is 20.2 Å². The molecule has 0 spiro atoms. The van der Waals surface area contributed by atoms with Crippen molar-refractivity contribution in [2.24, 2.45) is 0 Å². The van der Waals surface area contributed by atoms with E-state index < -0.39 is 0 Å². The maximum atomic E-state index is 8.95. The van der Waals surface area contributed by atoms with Crippen molar-refractivity contribution < 1.29 is 5.11 Å². The number of hydrogen-bond donors (Lipinski definition) is 1. The standard InChI is InChI=1S/C9H10OS/c1-11-7-6-8-2-4-9(10)5-3-8/h2-7,10H,1H3. The minimum absolute atomic E-state index is 0.311. The van der Waals surface area contributed by atoms with Gasteiger partial charge in [-0.3, -0.25) is 0 Å². The van der Waals surface area contributed by atoms with Gasteiger partial charge in [-0.25, -0.2) is 0 Å². The molecule has 0 saturated carbocycles. The predicted molar refractivity (Wildman–Crippen MR) is 50.7 cm³/mol. The van der Waals surface area contributed by atoms with Gasteiger partial charge in [0.1, 0.15) is 5.75 Å². The summed E-state index contributed by atoms with van der Waals surface area (Å²) in [4.78, 5) is 0. The molecule has 0 saturated heterocycles. The van der Waals surface area contributed by atoms with E-state index in [0.29, 0.717) is 5.75 Å². The Morgan fingerprint density at radius 1 is 1.27 bits per heavy atom. The summed E-state index contributed by atoms with van der Waals surface area (Å²) >= 11 is 1.66. The van der Waals surface area contributed by atoms with Crippen molar-refractivity contribution in [3.63, 3.8) is 0 Å². The Morgan fingerprint density at radius 2 is 1.91 bits per heavy atom. The second-order valence-corrected chi connectivity index (χ2v) is 2.87. The van der Waals surface area contributed by atoms with Gasteiger partial charge in [0.15, 0.2) is 0 Å². The molecule has 0 radical (unpaired) electrons. The third-order valence-corrected chi connectivity index (χ3v) is 1.70. The van der Waals surface area contributed by atoms with Crippen LogP contribution in [-0.4, -0.2) is 11.4 Å². The fourth-order valence-electron chi connectivity index (χ4n) is 0.732. The minimum Gasteiger partial charge on any atom is -0.508 e. The molecule has 0 aliphatic carbocycles. The highest BCUT2D eigenvalue weighted by molar-refractivity contribution is 8.01. The van der Waals surface area contributed by atoms with Crippen LogP contribution in [0.1, 0.15) is 5.56 Å². The minimum atomic E-state index is 0.311. The lowest BCUT2D eigenvalue weighted by Crippen LogP contribution is -1.68. The van der Waals surface area contributed by atoms with Gasteiger partial charge in [0.25, 0.3) is 0 Å². The Bertz CT molecular complexity index is 238. The molecule has 1 aromatic carbocycles. The van der Waals surface area contributed by atoms with Crippen molar-refractivity contribution >= 4 is 17.8 Å². The van der Waals surface area contributed by atoms with Gasteiger partial charge in [0.05, 0.1) is 0 Å². The van der Waals surface area contributed by atoms with Crippen molar-refractivity contribution in [1.82, 2.24) is 0 Å². The molecule has 1 N–H and O–H groups in total. The normalized spacial score (nSPS) is 10.6. The molecular formula is C9H10OS. The summed E-state index contributed by atoms with van der Waals surface area (Å²) in [7, 11) is 0. The predicted octanol–water partition coefficient (Wildman–Crippen LogP) is 2.73. The number of rotatable bonds is 2. The molecule has 0 heterocycles. The van der Waals surface area contributed by atoms with Crippen LogP contribution < -0.4 is 0 Å². The summed E-state index contributed by atoms with van der Waals surface area (Å²) < 4.78 is 0. The van der Waals surface area contributed by atoms with E-state index in [9.17, 15) is 0 Å². The molecule has 0 fully saturated rings. The number of benzene rings is 1. The van der Waals surface area contributed by atoms with Crippen molar-refractivity contribution in [1.29, 1.82) is 0 Å². The number of phenolic OH excluding ortho intramolecular Hbond substituents is 1. The third-order valence-electron chi connectivity index (χ3n) is 1.29. The summed E-state index contributed by atoms with van der Waals surface area (Å²) in [5, 5.41) is 11.0. The van der Waals surface area contributed by atoms with Gasteiger partial charge in [-0.2, -0.15) is 0 Å². The number of phenols is 1. The Kier molecular flexibility index (Phi) is 3.05. The first kappa shape index (κ1) is 8.21. The molecule has 0 atom stereocenters. The first-order valence-corrected chi connectivity index (χ1v) is 4.60. The first-order chi connectivity index (χ1) is 5.33. The maximum Gasteiger partial charge on any atom is 0.115 e. The summed E-state index contributed by atoms with van der Waals surface area (Å²) in [5.41, 5.74) is 1.11. The fourth-order valence-corrected chi connectivity index (χ4v) is 1.03. The summed E-state index contributed by atoms with van der Waals surface area (Å²) in [5.74, 6) is 0.311. The summed E-state index contributed by atoms with van der Waals surface area (Å²) in [6, 6.07) is 7.12. The zero-order chi connectivity index (χ0) is 8.10. The van der Waals surface area contributed by atoms with E-state index in [0.717, 1.165) is 5.56 Å². The van der Waals surface area contributed by atoms with E-state index in [1.54, 1.807) is 23.9 Å². The van der Waals surface area contributed by atoms with Crippen molar-refractivity contribution in [2.75, 3.05) is 6.26 Å². The second-order valence-electron chi connectivity index (χ2n) is 2.13. The molecule has 1 nitrogen and oxygen atoms in total. The molecule has 0 aliphatic heterocycles. The molecule has 1 aromatic rings. The molecule has 0 unspecified atom stereocenters. The number of hydrogen-bond acceptors (Lipinski definition) is 2. The SMILES string of the molecule is CSC=Cc1ccc(O)cc1. The zero-order valence-electron chi connectivity index (χ0n) is 6.32. The number of thioether (sulfide) groups is 1. The van der Waals surface area contributed by atoms with E-state index in [-0.39, 0.29) is 0 Å². The molecule has 0 aromatic heterocycles. The van der Waals surface area contributed by atoms with Crippen molar-refractivity contribution in [3.05, 3.63) is 35.2 Å². The highest BCUT2D eigenvalue weighted by Crippen LogP contribution is 2.11. The van der Waals surface area contributed by atoms with Crippen LogP contribution in [0.2, 0.25) is 0 Å². The van der Waals surface area contributed by atoms with Crippen molar-refractivity contribution in [2.45, 2.75) is 0 Å². The van der Waals surface area contributed by atoms with E-state index in [4.69, 9.17) is 5.11 Å². The van der Waals surface area contributed by atoms with Crippen LogP contribution >= 0.6 is 11.8 Å². The van der Waals surface area contributed by atoms with Crippen LogP contribution in [0.15, 0.2) is 29.7 Å². The lowest BCUT2D eigenvalue weighted by atomic mass is 10.2. The van der Waals surface area contributed by atoms with Crippen LogP contribution in [0.4, 0.5) is 0 Å². The van der Waals surface area contributed by atoms with E-state index >= 15 is 0 Å². The van der Waals surface area contributed by atoms with Gasteiger partial charge in [-0.15, -0.1) is 11.8 Å². The average molecular weight is 166 g/mol. The monoisotopic (exact) mass is 166 g/mol. The van der Waals surface area contributed by atoms with Crippen molar-refractivity contribution in [3.8, 4) is 5.75 Å². The molecule has 2 heteroatoms. The average Bonchev–Trinajstić information content (AvgIpc) is 2.04. The first-order valence-electron chi connectivity index (χ1n) is 3.31. The molecule has 58 valence electrons. The summed E-state index contributed by atoms with van der Waals surface area (Å²) in [6.45, 7) is 0. The maximum absolute atomic E-state index is 8.95. The third kappa shape index (κ3) is 2.68. The molecule has 1 rings (SSSR count). The summed E-state index contributed by atoms with van der Waals surface area (Å²) in [6.07, 6.45) is 4.01. The van der Waals surface area contributed by atoms with E-state index in [1.807, 2.05) is 29.9 Å².